The fourth-order valence-electron chi connectivity index (χ4n) is 0.943. The molecule has 2 unspecified atom stereocenters. The third-order valence-corrected chi connectivity index (χ3v) is 2.04. The van der Waals surface area contributed by atoms with Crippen LogP contribution in [0.4, 0.5) is 0 Å². The summed E-state index contributed by atoms with van der Waals surface area (Å²) in [4.78, 5) is 33.0. The minimum absolute atomic E-state index is 0.0903. The van der Waals surface area contributed by atoms with Crippen molar-refractivity contribution in [3.05, 3.63) is 0 Å². The maximum Gasteiger partial charge on any atom is 0.238 e. The molecule has 0 aromatic carbocycles. The van der Waals surface area contributed by atoms with Crippen LogP contribution >= 0.6 is 0 Å². The van der Waals surface area contributed by atoms with Crippen LogP contribution in [-0.4, -0.2) is 36.7 Å². The fraction of sp³-hybridized carbons (Fsp3) is 0.667. The normalized spacial score (nSPS) is 14.1. The molecule has 0 aliphatic carbocycles. The quantitative estimate of drug-likeness (QED) is 0.504. The lowest BCUT2D eigenvalue weighted by Crippen LogP contribution is -2.49. The van der Waals surface area contributed by atoms with Gasteiger partial charge in [0.25, 0.3) is 0 Å². The molecular formula is C9H17N3O3. The zero-order chi connectivity index (χ0) is 12.0. The Morgan fingerprint density at radius 1 is 1.33 bits per heavy atom. The highest BCUT2D eigenvalue weighted by Gasteiger charge is 2.21. The Bertz CT molecular complexity index is 265. The summed E-state index contributed by atoms with van der Waals surface area (Å²) in [6, 6.07) is -1.24. The van der Waals surface area contributed by atoms with Gasteiger partial charge in [-0.05, 0) is 20.9 Å². The van der Waals surface area contributed by atoms with Gasteiger partial charge in [0.2, 0.25) is 11.8 Å². The molecule has 0 saturated heterocycles. The largest absolute Gasteiger partial charge is 0.370 e. The van der Waals surface area contributed by atoms with E-state index in [0.29, 0.717) is 0 Å². The number of carbonyl (C=O) groups excluding carboxylic acids is 3. The second kappa shape index (κ2) is 6.13. The molecule has 0 fully saturated rings. The van der Waals surface area contributed by atoms with Gasteiger partial charge in [0.1, 0.15) is 0 Å². The standard InChI is InChI=1S/C9H17N3O3/c1-5(6(2)13)12-9(15)7(11-3)4-8(10)14/h5,7,11H,4H2,1-3H3,(H2,10,14)(H,12,15). The third kappa shape index (κ3) is 5.11. The van der Waals surface area contributed by atoms with Crippen molar-refractivity contribution in [2.24, 2.45) is 5.73 Å². The van der Waals surface area contributed by atoms with Crippen LogP contribution in [0.5, 0.6) is 0 Å². The fourth-order valence-corrected chi connectivity index (χ4v) is 0.943. The Kier molecular flexibility index (Phi) is 5.54. The number of ketones is 1. The van der Waals surface area contributed by atoms with E-state index in [1.165, 1.54) is 6.92 Å². The van der Waals surface area contributed by atoms with Gasteiger partial charge in [-0.2, -0.15) is 0 Å². The van der Waals surface area contributed by atoms with Gasteiger partial charge < -0.3 is 16.4 Å². The van der Waals surface area contributed by atoms with Crippen LogP contribution in [-0.2, 0) is 14.4 Å². The van der Waals surface area contributed by atoms with Gasteiger partial charge >= 0.3 is 0 Å². The molecular weight excluding hydrogens is 198 g/mol. The average molecular weight is 215 g/mol. The molecule has 0 aromatic rings. The van der Waals surface area contributed by atoms with Crippen LogP contribution < -0.4 is 16.4 Å². The Morgan fingerprint density at radius 2 is 1.87 bits per heavy atom. The molecule has 0 saturated carbocycles. The molecule has 0 radical (unpaired) electrons. The number of amides is 2. The van der Waals surface area contributed by atoms with Gasteiger partial charge in [-0.3, -0.25) is 14.4 Å². The molecule has 0 aromatic heterocycles. The Morgan fingerprint density at radius 3 is 2.20 bits per heavy atom. The summed E-state index contributed by atoms with van der Waals surface area (Å²) in [6.07, 6.45) is -0.0903. The van der Waals surface area contributed by atoms with Crippen LogP contribution in [0.2, 0.25) is 0 Å². The molecule has 0 spiro atoms. The SMILES string of the molecule is CNC(CC(N)=O)C(=O)NC(C)C(C)=O. The molecule has 86 valence electrons. The smallest absolute Gasteiger partial charge is 0.238 e. The molecule has 0 bridgehead atoms. The highest BCUT2D eigenvalue weighted by atomic mass is 16.2. The number of likely N-dealkylation sites (N-methyl/N-ethyl adjacent to an activating group) is 1. The summed E-state index contributed by atoms with van der Waals surface area (Å²) in [5, 5.41) is 5.13. The number of hydrogen-bond acceptors (Lipinski definition) is 4. The molecule has 0 aliphatic rings. The molecule has 0 rings (SSSR count). The van der Waals surface area contributed by atoms with E-state index in [-0.39, 0.29) is 12.2 Å². The van der Waals surface area contributed by atoms with Crippen molar-refractivity contribution >= 4 is 17.6 Å². The average Bonchev–Trinajstić information content (AvgIpc) is 2.13. The predicted octanol–water partition coefficient (Wildman–Crippen LogP) is -1.46. The van der Waals surface area contributed by atoms with Crippen molar-refractivity contribution < 1.29 is 14.4 Å². The maximum atomic E-state index is 11.5. The van der Waals surface area contributed by atoms with E-state index in [0.717, 1.165) is 0 Å². The van der Waals surface area contributed by atoms with Crippen LogP contribution in [0.15, 0.2) is 0 Å². The van der Waals surface area contributed by atoms with Gasteiger partial charge in [0, 0.05) is 0 Å². The zero-order valence-corrected chi connectivity index (χ0v) is 9.16. The molecule has 0 heterocycles. The lowest BCUT2D eigenvalue weighted by Gasteiger charge is -2.17. The summed E-state index contributed by atoms with van der Waals surface area (Å²) in [5.41, 5.74) is 4.97. The highest BCUT2D eigenvalue weighted by molar-refractivity contribution is 5.91. The number of nitrogens with one attached hydrogen (secondary N) is 2. The maximum absolute atomic E-state index is 11.5. The summed E-state index contributed by atoms with van der Waals surface area (Å²) < 4.78 is 0. The topological polar surface area (TPSA) is 101 Å². The third-order valence-electron chi connectivity index (χ3n) is 2.04. The van der Waals surface area contributed by atoms with Gasteiger partial charge in [0.15, 0.2) is 5.78 Å². The van der Waals surface area contributed by atoms with Gasteiger partial charge in [-0.15, -0.1) is 0 Å². The van der Waals surface area contributed by atoms with Crippen molar-refractivity contribution in [2.45, 2.75) is 32.4 Å². The second-order valence-electron chi connectivity index (χ2n) is 3.35. The predicted molar refractivity (Wildman–Crippen MR) is 54.9 cm³/mol. The first-order chi connectivity index (χ1) is 6.88. The molecule has 2 amide bonds. The highest BCUT2D eigenvalue weighted by Crippen LogP contribution is 1.93. The van der Waals surface area contributed by atoms with Crippen LogP contribution in [0.25, 0.3) is 0 Å². The number of hydrogen-bond donors (Lipinski definition) is 3. The molecule has 15 heavy (non-hydrogen) atoms. The van der Waals surface area contributed by atoms with Gasteiger partial charge in [-0.1, -0.05) is 0 Å². The van der Waals surface area contributed by atoms with Gasteiger partial charge in [-0.25, -0.2) is 0 Å². The number of carbonyl (C=O) groups is 3. The Hall–Kier alpha value is -1.43. The molecule has 2 atom stereocenters. The van der Waals surface area contributed by atoms with Crippen molar-refractivity contribution in [1.82, 2.24) is 10.6 Å². The first kappa shape index (κ1) is 13.6. The number of nitrogens with two attached hydrogens (primary N) is 1. The van der Waals surface area contributed by atoms with E-state index in [9.17, 15) is 14.4 Å². The van der Waals surface area contributed by atoms with Crippen molar-refractivity contribution in [3.63, 3.8) is 0 Å². The summed E-state index contributed by atoms with van der Waals surface area (Å²) >= 11 is 0. The van der Waals surface area contributed by atoms with Crippen molar-refractivity contribution in [3.8, 4) is 0 Å². The van der Waals surface area contributed by atoms with Crippen molar-refractivity contribution in [2.75, 3.05) is 7.05 Å². The van der Waals surface area contributed by atoms with Gasteiger partial charge in [0.05, 0.1) is 18.5 Å². The molecule has 6 nitrogen and oxygen atoms in total. The summed E-state index contributed by atoms with van der Waals surface area (Å²) in [6.45, 7) is 2.96. The number of rotatable bonds is 6. The van der Waals surface area contributed by atoms with Crippen LogP contribution in [0.3, 0.4) is 0 Å². The molecule has 6 heteroatoms. The zero-order valence-electron chi connectivity index (χ0n) is 9.16. The second-order valence-corrected chi connectivity index (χ2v) is 3.35. The minimum atomic E-state index is -0.690. The molecule has 4 N–H and O–H groups in total. The van der Waals surface area contributed by atoms with E-state index < -0.39 is 23.9 Å². The minimum Gasteiger partial charge on any atom is -0.370 e. The number of primary amides is 1. The number of Topliss-reactive ketones (excluding diaryl/α,β-unsaturated/α-hetero) is 1. The van der Waals surface area contributed by atoms with Crippen molar-refractivity contribution in [1.29, 1.82) is 0 Å². The first-order valence-electron chi connectivity index (χ1n) is 4.64. The molecule has 0 aliphatic heterocycles. The lowest BCUT2D eigenvalue weighted by atomic mass is 10.1. The van der Waals surface area contributed by atoms with E-state index in [1.54, 1.807) is 14.0 Å². The first-order valence-corrected chi connectivity index (χ1v) is 4.64. The van der Waals surface area contributed by atoms with E-state index >= 15 is 0 Å². The van der Waals surface area contributed by atoms with Crippen LogP contribution in [0, 0.1) is 0 Å². The summed E-state index contributed by atoms with van der Waals surface area (Å²) in [5.74, 6) is -1.11. The van der Waals surface area contributed by atoms with E-state index in [4.69, 9.17) is 5.73 Å². The Balaban J connectivity index is 4.27. The van der Waals surface area contributed by atoms with E-state index in [2.05, 4.69) is 10.6 Å². The van der Waals surface area contributed by atoms with E-state index in [1.807, 2.05) is 0 Å². The summed E-state index contributed by atoms with van der Waals surface area (Å²) in [7, 11) is 1.55. The lowest BCUT2D eigenvalue weighted by molar-refractivity contribution is -0.129. The van der Waals surface area contributed by atoms with Crippen LogP contribution in [0.1, 0.15) is 20.3 Å². The Labute approximate surface area is 88.6 Å². The monoisotopic (exact) mass is 215 g/mol.